The molecule has 2 aromatic carbocycles. The molecular weight excluding hydrogens is 373 g/mol. The number of nitrogens with zero attached hydrogens (tertiary/aromatic N) is 1. The average molecular weight is 390 g/mol. The topological polar surface area (TPSA) is 70.6 Å². The molecule has 0 radical (unpaired) electrons. The van der Waals surface area contributed by atoms with Gasteiger partial charge in [-0.1, -0.05) is 48.3 Å². The fraction of sp³-hybridized carbons (Fsp3) is 0.211. The third kappa shape index (κ3) is 4.23. The normalized spacial score (nSPS) is 16.7. The Balaban J connectivity index is 1.68. The van der Waals surface area contributed by atoms with Crippen LogP contribution in [0.3, 0.4) is 0 Å². The summed E-state index contributed by atoms with van der Waals surface area (Å²) in [7, 11) is 0. The lowest BCUT2D eigenvalue weighted by molar-refractivity contribution is -0.122. The second-order valence-corrected chi connectivity index (χ2v) is 6.95. The van der Waals surface area contributed by atoms with E-state index in [-0.39, 0.29) is 24.2 Å². The molecule has 134 valence electrons. The van der Waals surface area contributed by atoms with Gasteiger partial charge in [-0.05, 0) is 35.4 Å². The largest absolute Gasteiger partial charge is 0.326 e. The molecule has 1 unspecified atom stereocenters. The molecule has 2 amide bonds. The van der Waals surface area contributed by atoms with Crippen molar-refractivity contribution in [2.75, 3.05) is 5.32 Å². The van der Waals surface area contributed by atoms with Gasteiger partial charge < -0.3 is 5.32 Å². The maximum Gasteiger partial charge on any atom is 0.240 e. The lowest BCUT2D eigenvalue weighted by atomic mass is 9.94. The number of carbonyl (C=O) groups excluding carboxylic acids is 2. The van der Waals surface area contributed by atoms with Gasteiger partial charge in [-0.2, -0.15) is 5.10 Å². The van der Waals surface area contributed by atoms with Gasteiger partial charge >= 0.3 is 0 Å². The second kappa shape index (κ2) is 7.89. The van der Waals surface area contributed by atoms with E-state index in [1.807, 2.05) is 19.1 Å². The van der Waals surface area contributed by atoms with Gasteiger partial charge in [0.2, 0.25) is 11.8 Å². The molecule has 0 bridgehead atoms. The zero-order chi connectivity index (χ0) is 18.7. The molecule has 0 aromatic heterocycles. The van der Waals surface area contributed by atoms with Crippen LogP contribution in [-0.2, 0) is 16.0 Å². The minimum atomic E-state index is -0.205. The zero-order valence-corrected chi connectivity index (χ0v) is 15.6. The van der Waals surface area contributed by atoms with Crippen molar-refractivity contribution in [3.8, 4) is 0 Å². The molecular formula is C19H17Cl2N3O2. The minimum Gasteiger partial charge on any atom is -0.326 e. The first-order chi connectivity index (χ1) is 12.4. The van der Waals surface area contributed by atoms with Gasteiger partial charge in [-0.25, -0.2) is 5.43 Å². The van der Waals surface area contributed by atoms with Crippen LogP contribution in [0.1, 0.15) is 24.5 Å². The number of hydrogen-bond acceptors (Lipinski definition) is 3. The van der Waals surface area contributed by atoms with Crippen molar-refractivity contribution in [1.82, 2.24) is 5.43 Å². The van der Waals surface area contributed by atoms with Gasteiger partial charge in [0.1, 0.15) is 0 Å². The summed E-state index contributed by atoms with van der Waals surface area (Å²) in [5.74, 6) is -0.238. The van der Waals surface area contributed by atoms with Crippen LogP contribution in [0, 0.1) is 5.92 Å². The zero-order valence-electron chi connectivity index (χ0n) is 14.1. The standard InChI is InChI=1S/C19H17Cl2N3O2/c1-11-9-18(26)23-24-19(11)12-5-7-13(8-6-12)22-17(25)10-14-15(20)3-2-4-16(14)21/h2-8,11H,9-10H2,1H3,(H,22,25)(H,23,26). The van der Waals surface area contributed by atoms with Gasteiger partial charge in [0, 0.05) is 28.1 Å². The maximum absolute atomic E-state index is 12.3. The average Bonchev–Trinajstić information content (AvgIpc) is 2.59. The minimum absolute atomic E-state index is 0.0477. The van der Waals surface area contributed by atoms with Crippen molar-refractivity contribution in [3.05, 3.63) is 63.6 Å². The number of benzene rings is 2. The third-order valence-corrected chi connectivity index (χ3v) is 4.83. The van der Waals surface area contributed by atoms with Crippen molar-refractivity contribution in [2.45, 2.75) is 19.8 Å². The third-order valence-electron chi connectivity index (χ3n) is 4.12. The van der Waals surface area contributed by atoms with E-state index in [2.05, 4.69) is 15.8 Å². The maximum atomic E-state index is 12.3. The molecule has 1 aliphatic rings. The predicted octanol–water partition coefficient (Wildman–Crippen LogP) is 4.03. The van der Waals surface area contributed by atoms with E-state index < -0.39 is 0 Å². The molecule has 1 atom stereocenters. The molecule has 1 heterocycles. The van der Waals surface area contributed by atoms with Crippen LogP contribution in [0.5, 0.6) is 0 Å². The molecule has 0 spiro atoms. The molecule has 0 saturated carbocycles. The van der Waals surface area contributed by atoms with Gasteiger partial charge in [0.05, 0.1) is 12.1 Å². The Morgan fingerprint density at radius 3 is 2.46 bits per heavy atom. The SMILES string of the molecule is CC1CC(=O)NN=C1c1ccc(NC(=O)Cc2c(Cl)cccc2Cl)cc1. The van der Waals surface area contributed by atoms with Gasteiger partial charge in [0.25, 0.3) is 0 Å². The molecule has 3 rings (SSSR count). The lowest BCUT2D eigenvalue weighted by Crippen LogP contribution is -2.31. The van der Waals surface area contributed by atoms with E-state index in [0.717, 1.165) is 11.3 Å². The first-order valence-corrected chi connectivity index (χ1v) is 8.89. The van der Waals surface area contributed by atoms with Crippen molar-refractivity contribution in [1.29, 1.82) is 0 Å². The number of nitrogens with one attached hydrogen (secondary N) is 2. The van der Waals surface area contributed by atoms with E-state index in [1.54, 1.807) is 30.3 Å². The van der Waals surface area contributed by atoms with Crippen LogP contribution in [0.4, 0.5) is 5.69 Å². The fourth-order valence-corrected chi connectivity index (χ4v) is 3.32. The van der Waals surface area contributed by atoms with Gasteiger partial charge in [-0.3, -0.25) is 9.59 Å². The highest BCUT2D eigenvalue weighted by Gasteiger charge is 2.21. The highest BCUT2D eigenvalue weighted by Crippen LogP contribution is 2.25. The predicted molar refractivity (Wildman–Crippen MR) is 104 cm³/mol. The second-order valence-electron chi connectivity index (χ2n) is 6.14. The summed E-state index contributed by atoms with van der Waals surface area (Å²) in [6.45, 7) is 1.96. The molecule has 2 N–H and O–H groups in total. The van der Waals surface area contributed by atoms with E-state index in [0.29, 0.717) is 27.7 Å². The quantitative estimate of drug-likeness (QED) is 0.828. The van der Waals surface area contributed by atoms with E-state index in [1.165, 1.54) is 0 Å². The Bertz CT molecular complexity index is 859. The summed E-state index contributed by atoms with van der Waals surface area (Å²) in [4.78, 5) is 23.6. The van der Waals surface area contributed by atoms with Crippen LogP contribution >= 0.6 is 23.2 Å². The van der Waals surface area contributed by atoms with Gasteiger partial charge in [-0.15, -0.1) is 0 Å². The number of carbonyl (C=O) groups is 2. The van der Waals surface area contributed by atoms with Crippen LogP contribution in [0.15, 0.2) is 47.6 Å². The van der Waals surface area contributed by atoms with Crippen molar-refractivity contribution >= 4 is 46.4 Å². The molecule has 5 nitrogen and oxygen atoms in total. The highest BCUT2D eigenvalue weighted by molar-refractivity contribution is 6.36. The first-order valence-electron chi connectivity index (χ1n) is 8.13. The summed E-state index contributed by atoms with van der Waals surface area (Å²) in [6.07, 6.45) is 0.506. The summed E-state index contributed by atoms with van der Waals surface area (Å²) >= 11 is 12.2. The molecule has 7 heteroatoms. The number of rotatable bonds is 4. The Morgan fingerprint density at radius 2 is 1.85 bits per heavy atom. The van der Waals surface area contributed by atoms with Crippen molar-refractivity contribution in [3.63, 3.8) is 0 Å². The lowest BCUT2D eigenvalue weighted by Gasteiger charge is -2.19. The molecule has 1 aliphatic heterocycles. The number of halogens is 2. The highest BCUT2D eigenvalue weighted by atomic mass is 35.5. The molecule has 0 saturated heterocycles. The van der Waals surface area contributed by atoms with Crippen molar-refractivity contribution in [2.24, 2.45) is 11.0 Å². The molecule has 26 heavy (non-hydrogen) atoms. The van der Waals surface area contributed by atoms with Crippen molar-refractivity contribution < 1.29 is 9.59 Å². The Kier molecular flexibility index (Phi) is 5.59. The molecule has 0 fully saturated rings. The summed E-state index contributed by atoms with van der Waals surface area (Å²) in [5.41, 5.74) is 5.50. The molecule has 0 aliphatic carbocycles. The summed E-state index contributed by atoms with van der Waals surface area (Å²) in [6, 6.07) is 12.5. The van der Waals surface area contributed by atoms with Crippen LogP contribution in [-0.4, -0.2) is 17.5 Å². The summed E-state index contributed by atoms with van der Waals surface area (Å²) < 4.78 is 0. The first kappa shape index (κ1) is 18.4. The van der Waals surface area contributed by atoms with E-state index >= 15 is 0 Å². The number of amides is 2. The van der Waals surface area contributed by atoms with Gasteiger partial charge in [0.15, 0.2) is 0 Å². The Hall–Kier alpha value is -2.37. The van der Waals surface area contributed by atoms with E-state index in [4.69, 9.17) is 23.2 Å². The van der Waals surface area contributed by atoms with E-state index in [9.17, 15) is 9.59 Å². The van der Waals surface area contributed by atoms with Crippen LogP contribution in [0.25, 0.3) is 0 Å². The molecule has 2 aromatic rings. The van der Waals surface area contributed by atoms with Crippen LogP contribution in [0.2, 0.25) is 10.0 Å². The monoisotopic (exact) mass is 389 g/mol. The Labute approximate surface area is 161 Å². The number of hydrogen-bond donors (Lipinski definition) is 2. The number of anilines is 1. The number of hydrazone groups is 1. The van der Waals surface area contributed by atoms with Crippen LogP contribution < -0.4 is 10.7 Å². The summed E-state index contributed by atoms with van der Waals surface area (Å²) in [5, 5.41) is 7.89. The fourth-order valence-electron chi connectivity index (χ4n) is 2.79. The Morgan fingerprint density at radius 1 is 1.19 bits per heavy atom. The smallest absolute Gasteiger partial charge is 0.240 e.